The molecular weight excluding hydrogens is 458 g/mol. The van der Waals surface area contributed by atoms with E-state index in [-0.39, 0.29) is 25.0 Å². The lowest BCUT2D eigenvalue weighted by Gasteiger charge is -2.34. The first kappa shape index (κ1) is 25.2. The Balaban J connectivity index is 1.28. The maximum atomic E-state index is 13.0. The Labute approximate surface area is 211 Å². The van der Waals surface area contributed by atoms with Gasteiger partial charge < -0.3 is 21.3 Å². The van der Waals surface area contributed by atoms with E-state index in [1.807, 2.05) is 37.3 Å². The molecule has 1 heterocycles. The maximum Gasteiger partial charge on any atom is 0.325 e. The monoisotopic (exact) mass is 491 g/mol. The molecule has 190 valence electrons. The number of hydrogen-bond acceptors (Lipinski definition) is 4. The van der Waals surface area contributed by atoms with Gasteiger partial charge in [-0.15, -0.1) is 0 Å². The van der Waals surface area contributed by atoms with Crippen molar-refractivity contribution in [2.24, 2.45) is 5.92 Å². The lowest BCUT2D eigenvalue weighted by Crippen LogP contribution is -2.50. The number of rotatable bonds is 7. The van der Waals surface area contributed by atoms with Gasteiger partial charge in [-0.05, 0) is 73.9 Å². The van der Waals surface area contributed by atoms with Crippen LogP contribution in [0.25, 0.3) is 0 Å². The lowest BCUT2D eigenvalue weighted by molar-refractivity contribution is -0.136. The van der Waals surface area contributed by atoms with Crippen LogP contribution in [-0.2, 0) is 16.1 Å². The van der Waals surface area contributed by atoms with Crippen LogP contribution >= 0.6 is 0 Å². The van der Waals surface area contributed by atoms with E-state index < -0.39 is 17.5 Å². The number of benzene rings is 2. The summed E-state index contributed by atoms with van der Waals surface area (Å²) in [5.41, 5.74) is 2.21. The number of imide groups is 1. The molecule has 0 atom stereocenters. The zero-order valence-corrected chi connectivity index (χ0v) is 20.7. The molecule has 4 rings (SSSR count). The Hall–Kier alpha value is -3.88. The second kappa shape index (κ2) is 10.8. The van der Waals surface area contributed by atoms with Gasteiger partial charge >= 0.3 is 12.1 Å². The normalized spacial score (nSPS) is 21.3. The van der Waals surface area contributed by atoms with Gasteiger partial charge in [-0.3, -0.25) is 14.5 Å². The van der Waals surface area contributed by atoms with Crippen LogP contribution in [0.1, 0.15) is 50.2 Å². The number of aryl methyl sites for hydroxylation is 1. The van der Waals surface area contributed by atoms with Crippen molar-refractivity contribution in [1.82, 2.24) is 15.5 Å². The van der Waals surface area contributed by atoms with E-state index in [9.17, 15) is 19.2 Å². The van der Waals surface area contributed by atoms with E-state index >= 15 is 0 Å². The van der Waals surface area contributed by atoms with Crippen LogP contribution in [0.4, 0.5) is 21.0 Å². The Morgan fingerprint density at radius 3 is 2.36 bits per heavy atom. The molecule has 36 heavy (non-hydrogen) atoms. The molecule has 0 unspecified atom stereocenters. The third-order valence-corrected chi connectivity index (χ3v) is 7.03. The number of amides is 6. The number of hydrogen-bond donors (Lipinski definition) is 4. The van der Waals surface area contributed by atoms with Crippen molar-refractivity contribution in [3.05, 3.63) is 59.7 Å². The van der Waals surface area contributed by atoms with Crippen LogP contribution in [0.3, 0.4) is 0 Å². The highest BCUT2D eigenvalue weighted by atomic mass is 16.2. The first-order chi connectivity index (χ1) is 17.3. The summed E-state index contributed by atoms with van der Waals surface area (Å²) < 4.78 is 0. The highest BCUT2D eigenvalue weighted by molar-refractivity contribution is 6.09. The fourth-order valence-corrected chi connectivity index (χ4v) is 4.91. The van der Waals surface area contributed by atoms with Crippen molar-refractivity contribution in [2.75, 3.05) is 17.2 Å². The van der Waals surface area contributed by atoms with Gasteiger partial charge in [0.15, 0.2) is 0 Å². The SMILES string of the molecule is CCC1CCC2(CC1)NC(=O)N(CC(=O)NCc1cccc(NC(=O)Nc3cccc(C)c3)c1)C2=O. The molecule has 1 spiro atoms. The summed E-state index contributed by atoms with van der Waals surface area (Å²) in [7, 11) is 0. The highest BCUT2D eigenvalue weighted by Crippen LogP contribution is 2.37. The zero-order valence-electron chi connectivity index (χ0n) is 20.7. The van der Waals surface area contributed by atoms with Crippen molar-refractivity contribution in [3.63, 3.8) is 0 Å². The first-order valence-electron chi connectivity index (χ1n) is 12.4. The molecule has 9 nitrogen and oxygen atoms in total. The molecule has 1 aliphatic carbocycles. The van der Waals surface area contributed by atoms with Gasteiger partial charge in [-0.25, -0.2) is 9.59 Å². The third kappa shape index (κ3) is 5.84. The average molecular weight is 492 g/mol. The molecule has 2 fully saturated rings. The summed E-state index contributed by atoms with van der Waals surface area (Å²) in [6.45, 7) is 3.96. The number of nitrogens with one attached hydrogen (secondary N) is 4. The standard InChI is InChI=1S/C27H33N5O4/c1-3-19-10-12-27(13-11-19)24(34)32(26(36)31-27)17-23(33)28-16-20-7-5-9-22(15-20)30-25(35)29-21-8-4-6-18(2)14-21/h4-9,14-15,19H,3,10-13,16-17H2,1-2H3,(H,28,33)(H,31,36)(H2,29,30,35). The van der Waals surface area contributed by atoms with Crippen LogP contribution in [0, 0.1) is 12.8 Å². The Morgan fingerprint density at radius 2 is 1.69 bits per heavy atom. The van der Waals surface area contributed by atoms with E-state index in [4.69, 9.17) is 0 Å². The van der Waals surface area contributed by atoms with Gasteiger partial charge in [-0.1, -0.05) is 37.6 Å². The summed E-state index contributed by atoms with van der Waals surface area (Å²) >= 11 is 0. The maximum absolute atomic E-state index is 13.0. The molecule has 1 saturated heterocycles. The predicted molar refractivity (Wildman–Crippen MR) is 137 cm³/mol. The number of carbonyl (C=O) groups excluding carboxylic acids is 4. The minimum absolute atomic E-state index is 0.195. The summed E-state index contributed by atoms with van der Waals surface area (Å²) in [5.74, 6) is -0.145. The largest absolute Gasteiger partial charge is 0.350 e. The number of anilines is 2. The van der Waals surface area contributed by atoms with Crippen LogP contribution in [0.15, 0.2) is 48.5 Å². The molecule has 0 radical (unpaired) electrons. The molecule has 2 aromatic rings. The van der Waals surface area contributed by atoms with Gasteiger partial charge in [-0.2, -0.15) is 0 Å². The van der Waals surface area contributed by atoms with E-state index in [2.05, 4.69) is 28.2 Å². The van der Waals surface area contributed by atoms with Crippen molar-refractivity contribution < 1.29 is 19.2 Å². The fourth-order valence-electron chi connectivity index (χ4n) is 4.91. The Kier molecular flexibility index (Phi) is 7.57. The smallest absolute Gasteiger partial charge is 0.325 e. The summed E-state index contributed by atoms with van der Waals surface area (Å²) in [4.78, 5) is 51.4. The number of carbonyl (C=O) groups is 4. The average Bonchev–Trinajstić information content (AvgIpc) is 3.07. The molecule has 2 aromatic carbocycles. The molecule has 4 N–H and O–H groups in total. The Bertz CT molecular complexity index is 1160. The molecule has 0 bridgehead atoms. The van der Waals surface area contributed by atoms with E-state index in [1.165, 1.54) is 0 Å². The minimum atomic E-state index is -0.859. The van der Waals surface area contributed by atoms with Gasteiger partial charge in [0.2, 0.25) is 5.91 Å². The first-order valence-corrected chi connectivity index (χ1v) is 12.4. The van der Waals surface area contributed by atoms with Gasteiger partial charge in [0.25, 0.3) is 5.91 Å². The number of urea groups is 2. The lowest BCUT2D eigenvalue weighted by atomic mass is 9.75. The van der Waals surface area contributed by atoms with Crippen LogP contribution in [0.2, 0.25) is 0 Å². The van der Waals surface area contributed by atoms with Crippen molar-refractivity contribution in [1.29, 1.82) is 0 Å². The minimum Gasteiger partial charge on any atom is -0.350 e. The van der Waals surface area contributed by atoms with Gasteiger partial charge in [0.05, 0.1) is 0 Å². The van der Waals surface area contributed by atoms with E-state index in [0.717, 1.165) is 35.3 Å². The van der Waals surface area contributed by atoms with Crippen molar-refractivity contribution >= 4 is 35.3 Å². The van der Waals surface area contributed by atoms with Gasteiger partial charge in [0.1, 0.15) is 12.1 Å². The molecular formula is C27H33N5O4. The van der Waals surface area contributed by atoms with E-state index in [0.29, 0.717) is 30.1 Å². The third-order valence-electron chi connectivity index (χ3n) is 7.03. The molecule has 1 aliphatic heterocycles. The molecule has 6 amide bonds. The summed E-state index contributed by atoms with van der Waals surface area (Å²) in [6, 6.07) is 13.7. The van der Waals surface area contributed by atoms with Gasteiger partial charge in [0, 0.05) is 17.9 Å². The Morgan fingerprint density at radius 1 is 1.03 bits per heavy atom. The second-order valence-corrected chi connectivity index (χ2v) is 9.68. The topological polar surface area (TPSA) is 120 Å². The molecule has 0 aromatic heterocycles. The molecule has 9 heteroatoms. The fraction of sp³-hybridized carbons (Fsp3) is 0.407. The van der Waals surface area contributed by atoms with Crippen molar-refractivity contribution in [2.45, 2.75) is 58.0 Å². The quantitative estimate of drug-likeness (QED) is 0.435. The number of nitrogens with zero attached hydrogens (tertiary/aromatic N) is 1. The predicted octanol–water partition coefficient (Wildman–Crippen LogP) is 4.15. The molecule has 2 aliphatic rings. The summed E-state index contributed by atoms with van der Waals surface area (Å²) in [5, 5.41) is 11.2. The highest BCUT2D eigenvalue weighted by Gasteiger charge is 2.52. The van der Waals surface area contributed by atoms with Crippen LogP contribution in [0.5, 0.6) is 0 Å². The van der Waals surface area contributed by atoms with E-state index in [1.54, 1.807) is 18.2 Å². The zero-order chi connectivity index (χ0) is 25.7. The summed E-state index contributed by atoms with van der Waals surface area (Å²) in [6.07, 6.45) is 4.10. The second-order valence-electron chi connectivity index (χ2n) is 9.68. The van der Waals surface area contributed by atoms with Crippen LogP contribution in [-0.4, -0.2) is 40.9 Å². The molecule has 1 saturated carbocycles. The van der Waals surface area contributed by atoms with Crippen molar-refractivity contribution in [3.8, 4) is 0 Å². The van der Waals surface area contributed by atoms with Crippen LogP contribution < -0.4 is 21.3 Å².